The lowest BCUT2D eigenvalue weighted by atomic mass is 9.98. The van der Waals surface area contributed by atoms with Gasteiger partial charge in [0.2, 0.25) is 0 Å². The topological polar surface area (TPSA) is 98.7 Å². The predicted molar refractivity (Wildman–Crippen MR) is 131 cm³/mol. The van der Waals surface area contributed by atoms with E-state index in [4.69, 9.17) is 11.6 Å². The zero-order valence-electron chi connectivity index (χ0n) is 18.6. The van der Waals surface area contributed by atoms with E-state index in [1.165, 1.54) is 0 Å². The number of quaternary nitrogens is 1. The molecule has 2 unspecified atom stereocenters. The minimum absolute atomic E-state index is 0.116. The van der Waals surface area contributed by atoms with Crippen molar-refractivity contribution in [3.8, 4) is 0 Å². The first-order chi connectivity index (χ1) is 16.5. The molecule has 1 aliphatic heterocycles. The summed E-state index contributed by atoms with van der Waals surface area (Å²) >= 11 is 6.13. The van der Waals surface area contributed by atoms with Gasteiger partial charge in [-0.3, -0.25) is 15.2 Å². The van der Waals surface area contributed by atoms with E-state index in [0.717, 1.165) is 46.5 Å². The third-order valence-electron chi connectivity index (χ3n) is 6.11. The zero-order valence-corrected chi connectivity index (χ0v) is 19.4. The summed E-state index contributed by atoms with van der Waals surface area (Å²) in [7, 11) is 0. The molecule has 2 aromatic carbocycles. The number of aliphatic hydroxyl groups is 1. The molecule has 1 aliphatic rings. The Balaban J connectivity index is 1.43. The molecule has 2 atom stereocenters. The molecule has 0 bridgehead atoms. The second-order valence-corrected chi connectivity index (χ2v) is 8.90. The third-order valence-corrected chi connectivity index (χ3v) is 6.35. The number of aromatic nitrogens is 3. The van der Waals surface area contributed by atoms with Crippen molar-refractivity contribution in [2.24, 2.45) is 0 Å². The first-order valence-electron chi connectivity index (χ1n) is 11.1. The normalized spacial score (nSPS) is 15.6. The number of imidazole rings is 1. The molecule has 0 radical (unpaired) electrons. The fourth-order valence-corrected chi connectivity index (χ4v) is 4.53. The summed E-state index contributed by atoms with van der Waals surface area (Å²) in [6.07, 6.45) is 6.78. The van der Waals surface area contributed by atoms with Gasteiger partial charge in [0.1, 0.15) is 17.7 Å². The van der Waals surface area contributed by atoms with E-state index in [2.05, 4.69) is 15.0 Å². The number of nitrogens with one attached hydrogen (secondary N) is 1. The number of hydrogen-bond acceptors (Lipinski definition) is 5. The Hall–Kier alpha value is -3.36. The zero-order chi connectivity index (χ0) is 23.7. The standard InChI is InChI=1S/C26H24ClN5O2/c1-16-13-19(7-8-20(16)26(34)32-11-2-3-12-32)29-25(33)23(17-5-4-10-28-15-17)24-30-21-9-6-18(27)14-22(21)31-24/h2-10,13-15,23,26,34H,11-12H2,1H3,(H,29,33)(H,30,31)/p+1. The minimum atomic E-state index is -0.676. The van der Waals surface area contributed by atoms with Gasteiger partial charge in [0.05, 0.1) is 11.0 Å². The minimum Gasteiger partial charge on any atom is -0.374 e. The lowest BCUT2D eigenvalue weighted by molar-refractivity contribution is -0.484. The van der Waals surface area contributed by atoms with Crippen LogP contribution in [0.15, 0.2) is 73.1 Å². The smallest absolute Gasteiger partial charge is 0.330 e. The summed E-state index contributed by atoms with van der Waals surface area (Å²) in [5, 5.41) is 12.9. The molecule has 0 saturated carbocycles. The van der Waals surface area contributed by atoms with Crippen molar-refractivity contribution >= 4 is 34.2 Å². The van der Waals surface area contributed by atoms with E-state index >= 15 is 0 Å². The number of amides is 1. The van der Waals surface area contributed by atoms with E-state index < -0.39 is 12.1 Å². The van der Waals surface area contributed by atoms with Crippen LogP contribution in [0.25, 0.3) is 11.0 Å². The van der Waals surface area contributed by atoms with E-state index in [9.17, 15) is 9.90 Å². The number of benzene rings is 2. The van der Waals surface area contributed by atoms with Gasteiger partial charge in [-0.05, 0) is 60.0 Å². The molecule has 2 aromatic heterocycles. The first-order valence-corrected chi connectivity index (χ1v) is 11.5. The molecular formula is C26H25ClN5O2+. The fraction of sp³-hybridized carbons (Fsp3) is 0.192. The molecular weight excluding hydrogens is 450 g/mol. The van der Waals surface area contributed by atoms with Crippen molar-refractivity contribution in [1.82, 2.24) is 19.9 Å². The Morgan fingerprint density at radius 1 is 1.18 bits per heavy atom. The van der Waals surface area contributed by atoms with Crippen LogP contribution in [-0.4, -0.2) is 44.0 Å². The van der Waals surface area contributed by atoms with Crippen LogP contribution in [0.2, 0.25) is 5.02 Å². The molecule has 7 nitrogen and oxygen atoms in total. The van der Waals surface area contributed by atoms with Crippen molar-refractivity contribution in [1.29, 1.82) is 0 Å². The largest absolute Gasteiger partial charge is 0.374 e. The van der Waals surface area contributed by atoms with Gasteiger partial charge in [-0.25, -0.2) is 9.78 Å². The number of primary amides is 1. The molecule has 172 valence electrons. The van der Waals surface area contributed by atoms with Crippen LogP contribution in [0, 0.1) is 6.92 Å². The molecule has 0 aliphatic carbocycles. The number of nitrogens with two attached hydrogens (primary N) is 1. The van der Waals surface area contributed by atoms with Gasteiger partial charge in [-0.15, -0.1) is 0 Å². The van der Waals surface area contributed by atoms with Crippen molar-refractivity contribution < 1.29 is 15.2 Å². The highest BCUT2D eigenvalue weighted by molar-refractivity contribution is 6.31. The highest BCUT2D eigenvalue weighted by Crippen LogP contribution is 2.27. The van der Waals surface area contributed by atoms with E-state index in [-0.39, 0.29) is 5.91 Å². The lowest BCUT2D eigenvalue weighted by Crippen LogP contribution is -2.83. The van der Waals surface area contributed by atoms with Crippen LogP contribution in [-0.2, 0) is 4.79 Å². The number of aryl methyl sites for hydroxylation is 1. The molecule has 3 heterocycles. The first kappa shape index (κ1) is 22.4. The molecule has 0 saturated heterocycles. The molecule has 34 heavy (non-hydrogen) atoms. The number of carbonyl (C=O) groups excluding carboxylic acids is 1. The Bertz CT molecular complexity index is 1360. The summed E-state index contributed by atoms with van der Waals surface area (Å²) in [5.41, 5.74) is 4.80. The molecule has 0 spiro atoms. The number of pyridine rings is 1. The van der Waals surface area contributed by atoms with E-state index in [1.54, 1.807) is 29.8 Å². The number of hydrogen-bond donors (Lipinski definition) is 3. The van der Waals surface area contributed by atoms with Crippen LogP contribution < -0.4 is 5.32 Å². The maximum atomic E-state index is 13.6. The summed E-state index contributed by atoms with van der Waals surface area (Å²) in [4.78, 5) is 27.7. The van der Waals surface area contributed by atoms with Crippen molar-refractivity contribution in [3.63, 3.8) is 0 Å². The molecule has 8 heteroatoms. The van der Waals surface area contributed by atoms with Crippen LogP contribution in [0.1, 0.15) is 34.7 Å². The van der Waals surface area contributed by atoms with Gasteiger partial charge < -0.3 is 10.1 Å². The summed E-state index contributed by atoms with van der Waals surface area (Å²) < 4.78 is 0. The second-order valence-electron chi connectivity index (χ2n) is 8.46. The van der Waals surface area contributed by atoms with Crippen LogP contribution in [0.4, 0.5) is 5.69 Å². The number of nitrogens with zero attached hydrogens (tertiary/aromatic N) is 3. The van der Waals surface area contributed by atoms with Crippen molar-refractivity contribution in [2.45, 2.75) is 19.1 Å². The summed E-state index contributed by atoms with van der Waals surface area (Å²) in [6, 6.07) is 14.8. The van der Waals surface area contributed by atoms with Gasteiger partial charge in [0.15, 0.2) is 5.92 Å². The highest BCUT2D eigenvalue weighted by Gasteiger charge is 2.30. The molecule has 4 N–H and O–H groups in total. The average molecular weight is 475 g/mol. The van der Waals surface area contributed by atoms with Gasteiger partial charge in [0, 0.05) is 36.6 Å². The quantitative estimate of drug-likeness (QED) is 0.294. The second kappa shape index (κ2) is 9.48. The number of halogens is 1. The van der Waals surface area contributed by atoms with E-state index in [1.807, 2.05) is 60.4 Å². The number of fused-ring (bicyclic) bond motifs is 1. The van der Waals surface area contributed by atoms with Gasteiger partial charge >= 0.3 is 5.91 Å². The lowest BCUT2D eigenvalue weighted by Gasteiger charge is -2.24. The van der Waals surface area contributed by atoms with Crippen LogP contribution in [0.5, 0.6) is 0 Å². The number of aliphatic hydroxyl groups excluding tert-OH is 1. The Kier molecular flexibility index (Phi) is 6.26. The Morgan fingerprint density at radius 2 is 2.00 bits per heavy atom. The molecule has 4 aromatic rings. The van der Waals surface area contributed by atoms with Crippen LogP contribution in [0.3, 0.4) is 0 Å². The highest BCUT2D eigenvalue weighted by atomic mass is 35.5. The van der Waals surface area contributed by atoms with Gasteiger partial charge in [-0.1, -0.05) is 29.8 Å². The average Bonchev–Trinajstić information content (AvgIpc) is 3.49. The molecule has 0 fully saturated rings. The summed E-state index contributed by atoms with van der Waals surface area (Å²) in [5.74, 6) is -0.215. The predicted octanol–water partition coefficient (Wildman–Crippen LogP) is 3.34. The van der Waals surface area contributed by atoms with Crippen molar-refractivity contribution in [2.75, 3.05) is 13.1 Å². The Morgan fingerprint density at radius 3 is 2.74 bits per heavy atom. The van der Waals surface area contributed by atoms with E-state index in [0.29, 0.717) is 10.8 Å². The van der Waals surface area contributed by atoms with Gasteiger partial charge in [-0.2, -0.15) is 0 Å². The Labute approximate surface area is 202 Å². The third kappa shape index (κ3) is 4.51. The number of carbonyl (C=O) groups is 1. The molecule has 1 amide bonds. The van der Waals surface area contributed by atoms with Crippen LogP contribution >= 0.6 is 11.6 Å². The number of aromatic amines is 1. The number of H-pyrrole nitrogens is 1. The summed E-state index contributed by atoms with van der Waals surface area (Å²) in [6.45, 7) is 3.40. The molecule has 5 rings (SSSR count). The maximum Gasteiger partial charge on any atom is 0.330 e. The SMILES string of the molecule is Cc1cc([NH2+]C(=O)C(c2cccnc2)c2nc3ccc(Cl)cc3[nH]2)ccc1C(O)N1CC=CC1. The monoisotopic (exact) mass is 474 g/mol. The number of rotatable bonds is 6. The fourth-order valence-electron chi connectivity index (χ4n) is 4.36. The van der Waals surface area contributed by atoms with Crippen molar-refractivity contribution in [3.05, 3.63) is 101 Å². The maximum absolute atomic E-state index is 13.6. The van der Waals surface area contributed by atoms with Gasteiger partial charge in [0.25, 0.3) is 0 Å².